The van der Waals surface area contributed by atoms with Crippen molar-refractivity contribution in [1.82, 2.24) is 5.32 Å². The maximum absolute atomic E-state index is 13.6. The molecule has 0 aromatic heterocycles. The Morgan fingerprint density at radius 1 is 1.41 bits per heavy atom. The van der Waals surface area contributed by atoms with Crippen LogP contribution >= 0.6 is 27.7 Å². The summed E-state index contributed by atoms with van der Waals surface area (Å²) in [5, 5.41) is 3.13. The van der Waals surface area contributed by atoms with Gasteiger partial charge in [0, 0.05) is 18.2 Å². The van der Waals surface area contributed by atoms with E-state index < -0.39 is 11.6 Å². The van der Waals surface area contributed by atoms with E-state index in [0.717, 1.165) is 12.2 Å². The number of nitrogens with one attached hydrogen (secondary N) is 1. The molecule has 0 aliphatic rings. The van der Waals surface area contributed by atoms with Crippen LogP contribution in [0.2, 0.25) is 0 Å². The van der Waals surface area contributed by atoms with E-state index in [4.69, 9.17) is 0 Å². The third kappa shape index (κ3) is 4.56. The van der Waals surface area contributed by atoms with Crippen LogP contribution in [-0.4, -0.2) is 18.1 Å². The van der Waals surface area contributed by atoms with Crippen LogP contribution < -0.4 is 5.32 Å². The molecule has 1 unspecified atom stereocenters. The molecule has 0 spiro atoms. The molecular formula is C12H16BrF2NS. The third-order valence-corrected chi connectivity index (χ3v) is 3.78. The molecule has 1 aromatic rings. The molecular weight excluding hydrogens is 308 g/mol. The van der Waals surface area contributed by atoms with Crippen molar-refractivity contribution in [3.8, 4) is 0 Å². The molecule has 0 heterocycles. The van der Waals surface area contributed by atoms with Crippen LogP contribution in [0.5, 0.6) is 0 Å². The molecule has 1 atom stereocenters. The van der Waals surface area contributed by atoms with E-state index in [0.29, 0.717) is 4.47 Å². The van der Waals surface area contributed by atoms with Gasteiger partial charge in [-0.1, -0.05) is 0 Å². The molecule has 5 heteroatoms. The summed E-state index contributed by atoms with van der Waals surface area (Å²) in [5.41, 5.74) is 0.0929. The first kappa shape index (κ1) is 14.9. The minimum absolute atomic E-state index is 0.0929. The van der Waals surface area contributed by atoms with Crippen molar-refractivity contribution in [3.63, 3.8) is 0 Å². The predicted molar refractivity (Wildman–Crippen MR) is 73.4 cm³/mol. The van der Waals surface area contributed by atoms with Crippen molar-refractivity contribution in [3.05, 3.63) is 33.8 Å². The molecule has 1 nitrogen and oxygen atoms in total. The Morgan fingerprint density at radius 3 is 2.76 bits per heavy atom. The van der Waals surface area contributed by atoms with Crippen molar-refractivity contribution >= 4 is 27.7 Å². The summed E-state index contributed by atoms with van der Waals surface area (Å²) in [6, 6.07) is 2.91. The largest absolute Gasteiger partial charge is 0.310 e. The molecule has 1 N–H and O–H groups in total. The number of halogens is 3. The molecule has 1 rings (SSSR count). The highest BCUT2D eigenvalue weighted by atomic mass is 79.9. The second-order valence-corrected chi connectivity index (χ2v) is 5.73. The first-order chi connectivity index (χ1) is 8.06. The van der Waals surface area contributed by atoms with Crippen LogP contribution in [0.1, 0.15) is 18.9 Å². The van der Waals surface area contributed by atoms with E-state index in [1.165, 1.54) is 12.1 Å². The zero-order valence-corrected chi connectivity index (χ0v) is 12.3. The van der Waals surface area contributed by atoms with E-state index in [1.807, 2.05) is 13.2 Å². The van der Waals surface area contributed by atoms with E-state index in [9.17, 15) is 8.78 Å². The van der Waals surface area contributed by atoms with Gasteiger partial charge in [-0.05, 0) is 53.4 Å². The van der Waals surface area contributed by atoms with Gasteiger partial charge in [0.25, 0.3) is 0 Å². The van der Waals surface area contributed by atoms with Gasteiger partial charge in [0.1, 0.15) is 11.6 Å². The fraction of sp³-hybridized carbons (Fsp3) is 0.500. The van der Waals surface area contributed by atoms with Gasteiger partial charge < -0.3 is 5.32 Å². The highest BCUT2D eigenvalue weighted by molar-refractivity contribution is 9.10. The van der Waals surface area contributed by atoms with Crippen molar-refractivity contribution in [2.24, 2.45) is 0 Å². The van der Waals surface area contributed by atoms with Crippen LogP contribution in [0.3, 0.4) is 0 Å². The summed E-state index contributed by atoms with van der Waals surface area (Å²) >= 11 is 4.82. The van der Waals surface area contributed by atoms with Crippen LogP contribution in [0.25, 0.3) is 0 Å². The SMILES string of the molecule is CSCCC(C)NCc1c(F)ccc(Br)c1F. The van der Waals surface area contributed by atoms with Gasteiger partial charge in [0.15, 0.2) is 0 Å². The molecule has 0 saturated carbocycles. The monoisotopic (exact) mass is 323 g/mol. The van der Waals surface area contributed by atoms with Gasteiger partial charge in [-0.25, -0.2) is 8.78 Å². The average Bonchev–Trinajstić information content (AvgIpc) is 2.31. The summed E-state index contributed by atoms with van der Waals surface area (Å²) in [6.07, 6.45) is 3.03. The lowest BCUT2D eigenvalue weighted by Crippen LogP contribution is -2.27. The Bertz CT molecular complexity index is 374. The number of hydrogen-bond acceptors (Lipinski definition) is 2. The Morgan fingerprint density at radius 2 is 2.12 bits per heavy atom. The van der Waals surface area contributed by atoms with Crippen LogP contribution in [0, 0.1) is 11.6 Å². The van der Waals surface area contributed by atoms with Crippen molar-refractivity contribution in [1.29, 1.82) is 0 Å². The minimum Gasteiger partial charge on any atom is -0.310 e. The Balaban J connectivity index is 2.60. The Hall–Kier alpha value is -0.130. The van der Waals surface area contributed by atoms with Crippen molar-refractivity contribution in [2.45, 2.75) is 25.9 Å². The molecule has 0 aliphatic heterocycles. The van der Waals surface area contributed by atoms with Gasteiger partial charge in [-0.2, -0.15) is 11.8 Å². The van der Waals surface area contributed by atoms with E-state index >= 15 is 0 Å². The van der Waals surface area contributed by atoms with Crippen LogP contribution in [0.4, 0.5) is 8.78 Å². The first-order valence-corrected chi connectivity index (χ1v) is 7.59. The lowest BCUT2D eigenvalue weighted by atomic mass is 10.1. The molecule has 96 valence electrons. The van der Waals surface area contributed by atoms with Gasteiger partial charge in [-0.15, -0.1) is 0 Å². The summed E-state index contributed by atoms with van der Waals surface area (Å²) in [6.45, 7) is 2.23. The highest BCUT2D eigenvalue weighted by Gasteiger charge is 2.12. The third-order valence-electron chi connectivity index (χ3n) is 2.52. The van der Waals surface area contributed by atoms with E-state index in [2.05, 4.69) is 21.2 Å². The molecule has 0 saturated heterocycles. The van der Waals surface area contributed by atoms with Gasteiger partial charge in [0.05, 0.1) is 4.47 Å². The maximum Gasteiger partial charge on any atom is 0.144 e. The van der Waals surface area contributed by atoms with Gasteiger partial charge in [-0.3, -0.25) is 0 Å². The quantitative estimate of drug-likeness (QED) is 0.795. The standard InChI is InChI=1S/C12H16BrF2NS/c1-8(5-6-17-2)16-7-9-11(14)4-3-10(13)12(9)15/h3-4,8,16H,5-7H2,1-2H3. The maximum atomic E-state index is 13.6. The molecule has 0 radical (unpaired) electrons. The average molecular weight is 324 g/mol. The van der Waals surface area contributed by atoms with Crippen molar-refractivity contribution in [2.75, 3.05) is 12.0 Å². The minimum atomic E-state index is -0.519. The fourth-order valence-corrected chi connectivity index (χ4v) is 2.36. The Labute approximate surface area is 113 Å². The number of rotatable bonds is 6. The van der Waals surface area contributed by atoms with Gasteiger partial charge >= 0.3 is 0 Å². The predicted octanol–water partition coefficient (Wildman–Crippen LogP) is 3.96. The highest BCUT2D eigenvalue weighted by Crippen LogP contribution is 2.21. The van der Waals surface area contributed by atoms with E-state index in [1.54, 1.807) is 11.8 Å². The molecule has 17 heavy (non-hydrogen) atoms. The first-order valence-electron chi connectivity index (χ1n) is 5.41. The number of benzene rings is 1. The molecule has 0 aliphatic carbocycles. The Kier molecular flexibility index (Phi) is 6.44. The number of hydrogen-bond donors (Lipinski definition) is 1. The van der Waals surface area contributed by atoms with Gasteiger partial charge in [0.2, 0.25) is 0 Å². The lowest BCUT2D eigenvalue weighted by Gasteiger charge is -2.14. The topological polar surface area (TPSA) is 12.0 Å². The molecule has 0 fully saturated rings. The summed E-state index contributed by atoms with van der Waals surface area (Å²) < 4.78 is 27.4. The summed E-state index contributed by atoms with van der Waals surface area (Å²) in [7, 11) is 0. The van der Waals surface area contributed by atoms with Crippen LogP contribution in [0.15, 0.2) is 16.6 Å². The smallest absolute Gasteiger partial charge is 0.144 e. The van der Waals surface area contributed by atoms with Crippen LogP contribution in [-0.2, 0) is 6.54 Å². The normalized spacial score (nSPS) is 12.8. The molecule has 1 aromatic carbocycles. The molecule has 0 amide bonds. The zero-order valence-electron chi connectivity index (χ0n) is 9.90. The number of thioether (sulfide) groups is 1. The molecule has 0 bridgehead atoms. The second-order valence-electron chi connectivity index (χ2n) is 3.89. The van der Waals surface area contributed by atoms with Crippen molar-refractivity contribution < 1.29 is 8.78 Å². The second kappa shape index (κ2) is 7.34. The fourth-order valence-electron chi connectivity index (χ4n) is 1.40. The summed E-state index contributed by atoms with van der Waals surface area (Å²) in [5.74, 6) is 0.0160. The van der Waals surface area contributed by atoms with E-state index in [-0.39, 0.29) is 18.2 Å². The lowest BCUT2D eigenvalue weighted by molar-refractivity contribution is 0.492. The zero-order chi connectivity index (χ0) is 12.8. The summed E-state index contributed by atoms with van der Waals surface area (Å²) in [4.78, 5) is 0.